The first-order chi connectivity index (χ1) is 12.8. The number of hydrogen-bond acceptors (Lipinski definition) is 4. The lowest BCUT2D eigenvalue weighted by molar-refractivity contribution is -0.165. The van der Waals surface area contributed by atoms with E-state index < -0.39 is 0 Å². The molecule has 4 saturated carbocycles. The topological polar surface area (TPSA) is 72.7 Å². The van der Waals surface area contributed by atoms with Crippen LogP contribution < -0.4 is 5.32 Å². The van der Waals surface area contributed by atoms with Gasteiger partial charge < -0.3 is 5.32 Å². The van der Waals surface area contributed by atoms with Crippen molar-refractivity contribution in [2.24, 2.45) is 22.2 Å². The number of aromatic nitrogens is 4. The van der Waals surface area contributed by atoms with Crippen molar-refractivity contribution >= 4 is 11.6 Å². The molecule has 6 rings (SSSR count). The van der Waals surface area contributed by atoms with E-state index in [0.717, 1.165) is 36.5 Å². The third-order valence-electron chi connectivity index (χ3n) is 7.08. The first-order valence-electron chi connectivity index (χ1n) is 9.95. The molecular weight excluding hydrogens is 338 g/mol. The summed E-state index contributed by atoms with van der Waals surface area (Å²) in [5.74, 6) is 1.63. The Labute approximate surface area is 159 Å². The molecule has 4 aliphatic carbocycles. The van der Waals surface area contributed by atoms with E-state index in [9.17, 15) is 4.79 Å². The maximum Gasteiger partial charge on any atom is 0.230 e. The summed E-state index contributed by atoms with van der Waals surface area (Å²) in [7, 11) is 0. The minimum atomic E-state index is -0.205. The molecule has 1 amide bonds. The van der Waals surface area contributed by atoms with Gasteiger partial charge in [0.1, 0.15) is 0 Å². The Hall–Kier alpha value is -2.24. The number of nitrogens with one attached hydrogen (secondary N) is 1. The second kappa shape index (κ2) is 5.40. The summed E-state index contributed by atoms with van der Waals surface area (Å²) in [6, 6.07) is 7.79. The third-order valence-corrected chi connectivity index (χ3v) is 7.08. The maximum atomic E-state index is 13.5. The van der Waals surface area contributed by atoms with Gasteiger partial charge in [0, 0.05) is 5.69 Å². The average Bonchev–Trinajstić information content (AvgIpc) is 2.98. The molecule has 1 aromatic carbocycles. The second-order valence-electron chi connectivity index (χ2n) is 10.1. The molecule has 2 aromatic rings. The number of tetrazole rings is 1. The van der Waals surface area contributed by atoms with E-state index in [-0.39, 0.29) is 11.3 Å². The van der Waals surface area contributed by atoms with E-state index in [4.69, 9.17) is 0 Å². The Bertz CT molecular complexity index is 901. The van der Waals surface area contributed by atoms with Gasteiger partial charge in [-0.15, -0.1) is 5.10 Å². The van der Waals surface area contributed by atoms with E-state index in [1.807, 2.05) is 31.2 Å². The summed E-state index contributed by atoms with van der Waals surface area (Å²) in [5.41, 5.74) is 2.13. The van der Waals surface area contributed by atoms with Crippen LogP contribution in [0.4, 0.5) is 5.69 Å². The summed E-state index contributed by atoms with van der Waals surface area (Å²) in [6.07, 6.45) is 6.99. The number of aryl methyl sites for hydroxylation is 1. The predicted octanol–water partition coefficient (Wildman–Crippen LogP) is 3.91. The lowest BCUT2D eigenvalue weighted by atomic mass is 9.40. The minimum absolute atomic E-state index is 0.203. The highest BCUT2D eigenvalue weighted by atomic mass is 16.2. The number of carbonyl (C=O) groups is 1. The number of carbonyl (C=O) groups excluding carboxylic acids is 1. The fourth-order valence-electron chi connectivity index (χ4n) is 7.15. The molecule has 2 unspecified atom stereocenters. The van der Waals surface area contributed by atoms with Gasteiger partial charge in [-0.3, -0.25) is 4.79 Å². The highest BCUT2D eigenvalue weighted by Gasteiger charge is 2.62. The molecule has 27 heavy (non-hydrogen) atoms. The van der Waals surface area contributed by atoms with Gasteiger partial charge in [-0.05, 0) is 90.8 Å². The van der Waals surface area contributed by atoms with Crippen molar-refractivity contribution in [3.8, 4) is 5.69 Å². The molecule has 6 heteroatoms. The number of nitrogens with zero attached hydrogens (tertiary/aromatic N) is 4. The lowest BCUT2D eigenvalue weighted by Crippen LogP contribution is -2.58. The first kappa shape index (κ1) is 16.9. The summed E-state index contributed by atoms with van der Waals surface area (Å²) in [5, 5.41) is 14.9. The molecule has 4 bridgehead atoms. The average molecular weight is 365 g/mol. The van der Waals surface area contributed by atoms with Crippen LogP contribution in [0.1, 0.15) is 58.2 Å². The molecule has 0 saturated heterocycles. The number of hydrogen-bond donors (Lipinski definition) is 1. The molecule has 1 N–H and O–H groups in total. The van der Waals surface area contributed by atoms with E-state index >= 15 is 0 Å². The van der Waals surface area contributed by atoms with Crippen LogP contribution in [-0.4, -0.2) is 26.1 Å². The Morgan fingerprint density at radius 1 is 1.15 bits per heavy atom. The third kappa shape index (κ3) is 2.68. The van der Waals surface area contributed by atoms with Crippen LogP contribution in [0, 0.1) is 29.1 Å². The van der Waals surface area contributed by atoms with E-state index in [0.29, 0.717) is 16.7 Å². The zero-order valence-electron chi connectivity index (χ0n) is 16.3. The number of amides is 1. The first-order valence-corrected chi connectivity index (χ1v) is 9.95. The molecule has 142 valence electrons. The van der Waals surface area contributed by atoms with Crippen molar-refractivity contribution in [3.63, 3.8) is 0 Å². The van der Waals surface area contributed by atoms with Gasteiger partial charge in [0.25, 0.3) is 0 Å². The SMILES string of the molecule is Cc1nnnn1-c1cccc(NC(=O)C23CC4CC(C)(CC(C)(C4)C2)C3)c1. The van der Waals surface area contributed by atoms with Crippen molar-refractivity contribution in [2.75, 3.05) is 5.32 Å². The summed E-state index contributed by atoms with van der Waals surface area (Å²) in [6.45, 7) is 6.67. The highest BCUT2D eigenvalue weighted by molar-refractivity contribution is 5.96. The monoisotopic (exact) mass is 365 g/mol. The highest BCUT2D eigenvalue weighted by Crippen LogP contribution is 2.69. The molecule has 0 radical (unpaired) electrons. The molecule has 1 aromatic heterocycles. The summed E-state index contributed by atoms with van der Waals surface area (Å²) < 4.78 is 1.68. The zero-order valence-corrected chi connectivity index (χ0v) is 16.3. The van der Waals surface area contributed by atoms with Crippen molar-refractivity contribution in [3.05, 3.63) is 30.1 Å². The van der Waals surface area contributed by atoms with E-state index in [1.54, 1.807) is 4.68 Å². The smallest absolute Gasteiger partial charge is 0.230 e. The quantitative estimate of drug-likeness (QED) is 0.895. The number of anilines is 1. The molecule has 0 aliphatic heterocycles. The fourth-order valence-corrected chi connectivity index (χ4v) is 7.15. The Morgan fingerprint density at radius 2 is 1.89 bits per heavy atom. The van der Waals surface area contributed by atoms with Gasteiger partial charge in [-0.25, -0.2) is 0 Å². The summed E-state index contributed by atoms with van der Waals surface area (Å²) in [4.78, 5) is 13.5. The zero-order chi connectivity index (χ0) is 18.9. The number of rotatable bonds is 3. The molecule has 4 fully saturated rings. The normalized spacial score (nSPS) is 36.8. The molecule has 2 atom stereocenters. The summed E-state index contributed by atoms with van der Waals surface area (Å²) >= 11 is 0. The lowest BCUT2D eigenvalue weighted by Gasteiger charge is -2.64. The van der Waals surface area contributed by atoms with Crippen LogP contribution >= 0.6 is 0 Å². The van der Waals surface area contributed by atoms with Crippen LogP contribution in [0.5, 0.6) is 0 Å². The second-order valence-corrected chi connectivity index (χ2v) is 10.1. The molecule has 0 spiro atoms. The van der Waals surface area contributed by atoms with Crippen molar-refractivity contribution in [1.82, 2.24) is 20.2 Å². The predicted molar refractivity (Wildman–Crippen MR) is 102 cm³/mol. The molecular formula is C21H27N5O. The van der Waals surface area contributed by atoms with E-state index in [1.165, 1.54) is 19.3 Å². The van der Waals surface area contributed by atoms with Gasteiger partial charge in [-0.1, -0.05) is 19.9 Å². The Kier molecular flexibility index (Phi) is 3.38. The molecule has 1 heterocycles. The van der Waals surface area contributed by atoms with Crippen LogP contribution in [0.15, 0.2) is 24.3 Å². The van der Waals surface area contributed by atoms with Crippen LogP contribution in [0.25, 0.3) is 5.69 Å². The maximum absolute atomic E-state index is 13.5. The van der Waals surface area contributed by atoms with E-state index in [2.05, 4.69) is 34.7 Å². The van der Waals surface area contributed by atoms with Crippen molar-refractivity contribution < 1.29 is 4.79 Å². The molecule has 4 aliphatic rings. The standard InChI is InChI=1S/C21H27N5O/c1-14-23-24-25-26(14)17-6-4-5-16(7-17)22-18(27)21-10-15-8-19(2,12-21)11-20(3,9-15)13-21/h4-7,15H,8-13H2,1-3H3,(H,22,27). The van der Waals surface area contributed by atoms with Crippen molar-refractivity contribution in [1.29, 1.82) is 0 Å². The van der Waals surface area contributed by atoms with Crippen molar-refractivity contribution in [2.45, 2.75) is 59.3 Å². The minimum Gasteiger partial charge on any atom is -0.326 e. The van der Waals surface area contributed by atoms with Gasteiger partial charge >= 0.3 is 0 Å². The van der Waals surface area contributed by atoms with Crippen LogP contribution in [0.3, 0.4) is 0 Å². The van der Waals surface area contributed by atoms with Gasteiger partial charge in [0.05, 0.1) is 11.1 Å². The van der Waals surface area contributed by atoms with Crippen LogP contribution in [-0.2, 0) is 4.79 Å². The largest absolute Gasteiger partial charge is 0.326 e. The van der Waals surface area contributed by atoms with Crippen LogP contribution in [0.2, 0.25) is 0 Å². The van der Waals surface area contributed by atoms with Gasteiger partial charge in [0.2, 0.25) is 5.91 Å². The molecule has 6 nitrogen and oxygen atoms in total. The van der Waals surface area contributed by atoms with Gasteiger partial charge in [-0.2, -0.15) is 4.68 Å². The Balaban J connectivity index is 1.42. The Morgan fingerprint density at radius 3 is 2.52 bits per heavy atom. The number of benzene rings is 1. The van der Waals surface area contributed by atoms with Gasteiger partial charge in [0.15, 0.2) is 5.82 Å². The fraction of sp³-hybridized carbons (Fsp3) is 0.619.